The van der Waals surface area contributed by atoms with Crippen LogP contribution in [0.2, 0.25) is 0 Å². The summed E-state index contributed by atoms with van der Waals surface area (Å²) >= 11 is 0. The summed E-state index contributed by atoms with van der Waals surface area (Å²) in [6.45, 7) is 4.77. The molecule has 2 aromatic carbocycles. The maximum absolute atomic E-state index is 12.9. The molecule has 1 fully saturated rings. The quantitative estimate of drug-likeness (QED) is 0.624. The van der Waals surface area contributed by atoms with Crippen LogP contribution in [-0.4, -0.2) is 28.4 Å². The third-order valence-electron chi connectivity index (χ3n) is 5.53. The lowest BCUT2D eigenvalue weighted by Crippen LogP contribution is -2.32. The monoisotopic (exact) mass is 418 g/mol. The molecular formula is C24H26N4O3. The molecule has 4 rings (SSSR count). The molecule has 1 aliphatic heterocycles. The number of amides is 3. The minimum absolute atomic E-state index is 0.0468. The van der Waals surface area contributed by atoms with Crippen LogP contribution >= 0.6 is 0 Å². The summed E-state index contributed by atoms with van der Waals surface area (Å²) in [6, 6.07) is 14.5. The molecule has 2 unspecified atom stereocenters. The smallest absolute Gasteiger partial charge is 0.323 e. The largest absolute Gasteiger partial charge is 0.447 e. The van der Waals surface area contributed by atoms with Crippen molar-refractivity contribution in [2.24, 2.45) is 5.92 Å². The van der Waals surface area contributed by atoms with Crippen LogP contribution < -0.4 is 10.6 Å². The first kappa shape index (κ1) is 20.7. The van der Waals surface area contributed by atoms with E-state index < -0.39 is 0 Å². The molecule has 0 bridgehead atoms. The van der Waals surface area contributed by atoms with Gasteiger partial charge in [-0.3, -0.25) is 4.79 Å². The average molecular weight is 418 g/mol. The number of likely N-dealkylation sites (tertiary alicyclic amines) is 1. The first-order valence-electron chi connectivity index (χ1n) is 10.4. The average Bonchev–Trinajstić information content (AvgIpc) is 3.41. The molecule has 2 N–H and O–H groups in total. The summed E-state index contributed by atoms with van der Waals surface area (Å²) in [7, 11) is 0. The molecule has 160 valence electrons. The van der Waals surface area contributed by atoms with Gasteiger partial charge in [0.05, 0.1) is 12.6 Å². The van der Waals surface area contributed by atoms with Crippen LogP contribution in [0.15, 0.2) is 65.4 Å². The fraction of sp³-hybridized carbons (Fsp3) is 0.292. The lowest BCUT2D eigenvalue weighted by molar-refractivity contribution is -0.131. The Morgan fingerprint density at radius 1 is 1.13 bits per heavy atom. The summed E-state index contributed by atoms with van der Waals surface area (Å²) in [5.41, 5.74) is 3.31. The number of hydrogen-bond donors (Lipinski definition) is 2. The molecule has 0 saturated carbocycles. The maximum atomic E-state index is 12.9. The second kappa shape index (κ2) is 9.04. The van der Waals surface area contributed by atoms with E-state index in [9.17, 15) is 9.59 Å². The molecule has 1 aliphatic rings. The zero-order valence-electron chi connectivity index (χ0n) is 17.7. The Balaban J connectivity index is 1.35. The minimum Gasteiger partial charge on any atom is -0.447 e. The molecule has 3 aromatic rings. The molecule has 7 nitrogen and oxygen atoms in total. The number of nitrogens with one attached hydrogen (secondary N) is 2. The molecule has 0 spiro atoms. The van der Waals surface area contributed by atoms with E-state index in [0.29, 0.717) is 30.5 Å². The van der Waals surface area contributed by atoms with Crippen molar-refractivity contribution in [1.29, 1.82) is 0 Å². The molecule has 31 heavy (non-hydrogen) atoms. The number of para-hydroxylation sites is 1. The molecule has 1 aromatic heterocycles. The number of hydrogen-bond acceptors (Lipinski definition) is 4. The Kier molecular flexibility index (Phi) is 6.02. The lowest BCUT2D eigenvalue weighted by atomic mass is 10.1. The van der Waals surface area contributed by atoms with Gasteiger partial charge in [0.1, 0.15) is 12.3 Å². The van der Waals surface area contributed by atoms with E-state index in [4.69, 9.17) is 4.42 Å². The SMILES string of the molecule is Cc1ccccc1NC(=O)Nc1ccc(CC(=O)N2CC(C)CC2c2ncco2)cc1. The molecule has 0 radical (unpaired) electrons. The number of aromatic nitrogens is 1. The standard InChI is InChI=1S/C24H26N4O3/c1-16-13-21(23-25-11-12-31-23)28(15-16)22(29)14-18-7-9-19(10-8-18)26-24(30)27-20-6-4-3-5-17(20)2/h3-12,16,21H,13-15H2,1-2H3,(H2,26,27,30). The zero-order valence-corrected chi connectivity index (χ0v) is 17.7. The zero-order chi connectivity index (χ0) is 21.8. The molecule has 7 heteroatoms. The van der Waals surface area contributed by atoms with Crippen LogP contribution in [0.1, 0.15) is 36.4 Å². The third kappa shape index (κ3) is 4.94. The van der Waals surface area contributed by atoms with Gasteiger partial charge in [0.15, 0.2) is 0 Å². The van der Waals surface area contributed by atoms with Gasteiger partial charge in [-0.25, -0.2) is 9.78 Å². The molecule has 1 saturated heterocycles. The summed E-state index contributed by atoms with van der Waals surface area (Å²) in [6.07, 6.45) is 4.30. The number of anilines is 2. The molecule has 0 aliphatic carbocycles. The number of nitrogens with zero attached hydrogens (tertiary/aromatic N) is 2. The van der Waals surface area contributed by atoms with Crippen molar-refractivity contribution in [2.45, 2.75) is 32.7 Å². The van der Waals surface area contributed by atoms with E-state index in [1.807, 2.05) is 48.2 Å². The number of benzene rings is 2. The van der Waals surface area contributed by atoms with E-state index in [1.165, 1.54) is 0 Å². The van der Waals surface area contributed by atoms with Crippen molar-refractivity contribution in [3.63, 3.8) is 0 Å². The van der Waals surface area contributed by atoms with E-state index in [-0.39, 0.29) is 18.0 Å². The molecule has 2 heterocycles. The van der Waals surface area contributed by atoms with Crippen molar-refractivity contribution >= 4 is 23.3 Å². The summed E-state index contributed by atoms with van der Waals surface area (Å²) < 4.78 is 5.45. The first-order chi connectivity index (χ1) is 15.0. The number of carbonyl (C=O) groups is 2. The highest BCUT2D eigenvalue weighted by atomic mass is 16.3. The summed E-state index contributed by atoms with van der Waals surface area (Å²) in [5.74, 6) is 1.04. The fourth-order valence-corrected chi connectivity index (χ4v) is 3.93. The second-order valence-electron chi connectivity index (χ2n) is 8.04. The number of urea groups is 1. The van der Waals surface area contributed by atoms with Gasteiger partial charge in [0.2, 0.25) is 11.8 Å². The predicted molar refractivity (Wildman–Crippen MR) is 119 cm³/mol. The number of aryl methyl sites for hydroxylation is 1. The fourth-order valence-electron chi connectivity index (χ4n) is 3.93. The van der Waals surface area contributed by atoms with Gasteiger partial charge in [-0.2, -0.15) is 0 Å². The van der Waals surface area contributed by atoms with Crippen LogP contribution in [0.25, 0.3) is 0 Å². The Labute approximate surface area is 181 Å². The van der Waals surface area contributed by atoms with Gasteiger partial charge < -0.3 is 20.0 Å². The van der Waals surface area contributed by atoms with Gasteiger partial charge in [0.25, 0.3) is 0 Å². The van der Waals surface area contributed by atoms with Crippen molar-refractivity contribution in [3.05, 3.63) is 78.0 Å². The molecular weight excluding hydrogens is 392 g/mol. The van der Waals surface area contributed by atoms with Crippen LogP contribution in [0.3, 0.4) is 0 Å². The van der Waals surface area contributed by atoms with Gasteiger partial charge in [-0.1, -0.05) is 37.3 Å². The third-order valence-corrected chi connectivity index (χ3v) is 5.53. The Bertz CT molecular complexity index is 1050. The van der Waals surface area contributed by atoms with Gasteiger partial charge >= 0.3 is 6.03 Å². The van der Waals surface area contributed by atoms with E-state index in [2.05, 4.69) is 22.5 Å². The Morgan fingerprint density at radius 2 is 1.90 bits per heavy atom. The number of oxazole rings is 1. The van der Waals surface area contributed by atoms with Crippen LogP contribution in [0.4, 0.5) is 16.2 Å². The Hall–Kier alpha value is -3.61. The molecule has 3 amide bonds. The van der Waals surface area contributed by atoms with Crippen LogP contribution in [-0.2, 0) is 11.2 Å². The highest BCUT2D eigenvalue weighted by molar-refractivity contribution is 6.00. The van der Waals surface area contributed by atoms with Crippen molar-refractivity contribution < 1.29 is 14.0 Å². The highest BCUT2D eigenvalue weighted by Gasteiger charge is 2.36. The van der Waals surface area contributed by atoms with Crippen LogP contribution in [0, 0.1) is 12.8 Å². The van der Waals surface area contributed by atoms with E-state index >= 15 is 0 Å². The van der Waals surface area contributed by atoms with Gasteiger partial charge in [-0.15, -0.1) is 0 Å². The minimum atomic E-state index is -0.307. The summed E-state index contributed by atoms with van der Waals surface area (Å²) in [4.78, 5) is 31.3. The van der Waals surface area contributed by atoms with Crippen molar-refractivity contribution in [3.8, 4) is 0 Å². The van der Waals surface area contributed by atoms with Crippen LogP contribution in [0.5, 0.6) is 0 Å². The van der Waals surface area contributed by atoms with E-state index in [1.54, 1.807) is 24.6 Å². The normalized spacial score (nSPS) is 18.1. The van der Waals surface area contributed by atoms with Gasteiger partial charge in [0, 0.05) is 17.9 Å². The lowest BCUT2D eigenvalue weighted by Gasteiger charge is -2.22. The number of rotatable bonds is 5. The topological polar surface area (TPSA) is 87.5 Å². The second-order valence-corrected chi connectivity index (χ2v) is 8.04. The number of carbonyl (C=O) groups excluding carboxylic acids is 2. The molecule has 2 atom stereocenters. The van der Waals surface area contributed by atoms with Crippen molar-refractivity contribution in [1.82, 2.24) is 9.88 Å². The predicted octanol–water partition coefficient (Wildman–Crippen LogP) is 4.78. The highest BCUT2D eigenvalue weighted by Crippen LogP contribution is 2.34. The maximum Gasteiger partial charge on any atom is 0.323 e. The summed E-state index contributed by atoms with van der Waals surface area (Å²) in [5, 5.41) is 5.66. The van der Waals surface area contributed by atoms with Crippen molar-refractivity contribution in [2.75, 3.05) is 17.2 Å². The Morgan fingerprint density at radius 3 is 2.61 bits per heavy atom. The first-order valence-corrected chi connectivity index (χ1v) is 10.4. The van der Waals surface area contributed by atoms with E-state index in [0.717, 1.165) is 23.2 Å². The van der Waals surface area contributed by atoms with Gasteiger partial charge in [-0.05, 0) is 48.6 Å².